The number of nitriles is 1. The number of benzene rings is 5. The van der Waals surface area contributed by atoms with Gasteiger partial charge in [-0.3, -0.25) is 0 Å². The maximum atomic E-state index is 9.75. The van der Waals surface area contributed by atoms with Crippen LogP contribution in [-0.4, -0.2) is 9.55 Å². The standard InChI is InChI=1S/C37H30N4/c1-28-13-11-12-20-35(28)36-23-33(22-21-29(36)24-38)39-25-34-26-41(27-40-34)37(30-14-5-2-6-15-30,31-16-7-3-8-17-31)32-18-9-4-10-19-32/h2-23,26-27,39H,25H2,1H3. The Morgan fingerprint density at radius 3 is 1.83 bits per heavy atom. The summed E-state index contributed by atoms with van der Waals surface area (Å²) in [5.74, 6) is 0. The van der Waals surface area contributed by atoms with Gasteiger partial charge >= 0.3 is 0 Å². The minimum Gasteiger partial charge on any atom is -0.379 e. The molecule has 198 valence electrons. The van der Waals surface area contributed by atoms with Gasteiger partial charge in [0.05, 0.1) is 30.2 Å². The second-order valence-corrected chi connectivity index (χ2v) is 10.1. The zero-order valence-electron chi connectivity index (χ0n) is 22.9. The van der Waals surface area contributed by atoms with Crippen molar-refractivity contribution < 1.29 is 0 Å². The van der Waals surface area contributed by atoms with E-state index in [1.54, 1.807) is 0 Å². The molecule has 0 aliphatic carbocycles. The quantitative estimate of drug-likeness (QED) is 0.202. The molecule has 5 aromatic carbocycles. The number of imidazole rings is 1. The first kappa shape index (κ1) is 25.9. The average molecular weight is 531 g/mol. The molecule has 6 rings (SSSR count). The first-order valence-corrected chi connectivity index (χ1v) is 13.7. The summed E-state index contributed by atoms with van der Waals surface area (Å²) in [6, 6.07) is 48.2. The molecule has 0 spiro atoms. The fraction of sp³-hybridized carbons (Fsp3) is 0.0811. The van der Waals surface area contributed by atoms with Gasteiger partial charge in [0.25, 0.3) is 0 Å². The SMILES string of the molecule is Cc1ccccc1-c1cc(NCc2cn(C(c3ccccc3)(c3ccccc3)c3ccccc3)cn2)ccc1C#N. The van der Waals surface area contributed by atoms with Crippen molar-refractivity contribution >= 4 is 5.69 Å². The maximum Gasteiger partial charge on any atom is 0.121 e. The van der Waals surface area contributed by atoms with E-state index in [4.69, 9.17) is 4.98 Å². The van der Waals surface area contributed by atoms with Crippen LogP contribution in [0.5, 0.6) is 0 Å². The fourth-order valence-corrected chi connectivity index (χ4v) is 5.67. The minimum absolute atomic E-state index is 0.542. The molecule has 0 radical (unpaired) electrons. The Morgan fingerprint density at radius 2 is 1.27 bits per heavy atom. The van der Waals surface area contributed by atoms with Gasteiger partial charge in [0, 0.05) is 17.4 Å². The van der Waals surface area contributed by atoms with E-state index in [1.165, 1.54) is 0 Å². The third-order valence-electron chi connectivity index (χ3n) is 7.65. The van der Waals surface area contributed by atoms with Crippen molar-refractivity contribution in [3.05, 3.63) is 179 Å². The molecule has 0 aliphatic rings. The van der Waals surface area contributed by atoms with Crippen molar-refractivity contribution in [2.45, 2.75) is 19.0 Å². The maximum absolute atomic E-state index is 9.75. The molecule has 0 aliphatic heterocycles. The lowest BCUT2D eigenvalue weighted by molar-refractivity contribution is 0.514. The summed E-state index contributed by atoms with van der Waals surface area (Å²) >= 11 is 0. The van der Waals surface area contributed by atoms with Gasteiger partial charge in [-0.05, 0) is 52.9 Å². The number of nitrogens with one attached hydrogen (secondary N) is 1. The highest BCUT2D eigenvalue weighted by Crippen LogP contribution is 2.40. The lowest BCUT2D eigenvalue weighted by atomic mass is 9.77. The number of hydrogen-bond donors (Lipinski definition) is 1. The number of nitrogens with zero attached hydrogens (tertiary/aromatic N) is 3. The summed E-state index contributed by atoms with van der Waals surface area (Å²) in [6.07, 6.45) is 4.06. The highest BCUT2D eigenvalue weighted by Gasteiger charge is 2.38. The second kappa shape index (κ2) is 11.4. The van der Waals surface area contributed by atoms with Crippen molar-refractivity contribution in [1.29, 1.82) is 5.26 Å². The van der Waals surface area contributed by atoms with E-state index < -0.39 is 5.54 Å². The molecular formula is C37H30N4. The highest BCUT2D eigenvalue weighted by molar-refractivity contribution is 5.76. The Balaban J connectivity index is 1.38. The lowest BCUT2D eigenvalue weighted by Gasteiger charge is -2.37. The molecule has 0 fully saturated rings. The van der Waals surface area contributed by atoms with Crippen LogP contribution in [0.1, 0.15) is 33.5 Å². The molecule has 41 heavy (non-hydrogen) atoms. The van der Waals surface area contributed by atoms with Gasteiger partial charge in [-0.25, -0.2) is 4.98 Å². The van der Waals surface area contributed by atoms with Gasteiger partial charge in [0.15, 0.2) is 0 Å². The minimum atomic E-state index is -0.596. The van der Waals surface area contributed by atoms with Crippen molar-refractivity contribution in [3.63, 3.8) is 0 Å². The summed E-state index contributed by atoms with van der Waals surface area (Å²) < 4.78 is 2.22. The predicted octanol–water partition coefficient (Wildman–Crippen LogP) is 8.18. The van der Waals surface area contributed by atoms with Gasteiger partial charge in [-0.15, -0.1) is 0 Å². The van der Waals surface area contributed by atoms with Gasteiger partial charge in [0.2, 0.25) is 0 Å². The monoisotopic (exact) mass is 530 g/mol. The van der Waals surface area contributed by atoms with Gasteiger partial charge < -0.3 is 9.88 Å². The molecule has 4 nitrogen and oxygen atoms in total. The van der Waals surface area contributed by atoms with Crippen molar-refractivity contribution in [2.24, 2.45) is 0 Å². The molecule has 0 saturated heterocycles. The summed E-state index contributed by atoms with van der Waals surface area (Å²) in [5, 5.41) is 13.3. The second-order valence-electron chi connectivity index (χ2n) is 10.1. The van der Waals surface area contributed by atoms with E-state index in [9.17, 15) is 5.26 Å². The van der Waals surface area contributed by atoms with E-state index >= 15 is 0 Å². The molecule has 0 bridgehead atoms. The molecule has 1 heterocycles. The van der Waals surface area contributed by atoms with Crippen molar-refractivity contribution in [3.8, 4) is 17.2 Å². The summed E-state index contributed by atoms with van der Waals surface area (Å²) in [7, 11) is 0. The van der Waals surface area contributed by atoms with E-state index in [-0.39, 0.29) is 0 Å². The third-order valence-corrected chi connectivity index (χ3v) is 7.65. The Bertz CT molecular complexity index is 1700. The van der Waals surface area contributed by atoms with Crippen LogP contribution in [0.3, 0.4) is 0 Å². The molecule has 4 heteroatoms. The van der Waals surface area contributed by atoms with Crippen LogP contribution in [0.4, 0.5) is 5.69 Å². The van der Waals surface area contributed by atoms with Crippen LogP contribution in [-0.2, 0) is 12.1 Å². The van der Waals surface area contributed by atoms with Crippen LogP contribution in [0.25, 0.3) is 11.1 Å². The average Bonchev–Trinajstić information content (AvgIpc) is 3.51. The number of aryl methyl sites for hydroxylation is 1. The molecule has 1 N–H and O–H groups in total. The van der Waals surface area contributed by atoms with Crippen LogP contribution in [0.15, 0.2) is 146 Å². The Kier molecular flexibility index (Phi) is 7.17. The smallest absolute Gasteiger partial charge is 0.121 e. The zero-order valence-corrected chi connectivity index (χ0v) is 22.9. The summed E-state index contributed by atoms with van der Waals surface area (Å²) in [4.78, 5) is 4.85. The van der Waals surface area contributed by atoms with Crippen molar-refractivity contribution in [1.82, 2.24) is 9.55 Å². The number of anilines is 1. The molecule has 6 aromatic rings. The van der Waals surface area contributed by atoms with Crippen LogP contribution < -0.4 is 5.32 Å². The summed E-state index contributed by atoms with van der Waals surface area (Å²) in [5.41, 5.74) is 8.52. The molecular weight excluding hydrogens is 500 g/mol. The van der Waals surface area contributed by atoms with Crippen LogP contribution in [0.2, 0.25) is 0 Å². The van der Waals surface area contributed by atoms with E-state index in [0.29, 0.717) is 12.1 Å². The normalized spacial score (nSPS) is 11.1. The Hall–Kier alpha value is -5.40. The number of aromatic nitrogens is 2. The zero-order chi connectivity index (χ0) is 28.1. The van der Waals surface area contributed by atoms with E-state index in [2.05, 4.69) is 138 Å². The highest BCUT2D eigenvalue weighted by atomic mass is 15.1. The molecule has 0 unspecified atom stereocenters. The van der Waals surface area contributed by atoms with Crippen LogP contribution in [0, 0.1) is 18.3 Å². The molecule has 0 atom stereocenters. The van der Waals surface area contributed by atoms with Crippen molar-refractivity contribution in [2.75, 3.05) is 5.32 Å². The molecule has 1 aromatic heterocycles. The number of hydrogen-bond acceptors (Lipinski definition) is 3. The lowest BCUT2D eigenvalue weighted by Crippen LogP contribution is -2.36. The Labute approximate surface area is 241 Å². The molecule has 0 amide bonds. The van der Waals surface area contributed by atoms with Gasteiger partial charge in [-0.2, -0.15) is 5.26 Å². The molecule has 0 saturated carbocycles. The fourth-order valence-electron chi connectivity index (χ4n) is 5.67. The van der Waals surface area contributed by atoms with E-state index in [1.807, 2.05) is 30.6 Å². The Morgan fingerprint density at radius 1 is 0.707 bits per heavy atom. The van der Waals surface area contributed by atoms with Gasteiger partial charge in [-0.1, -0.05) is 115 Å². The largest absolute Gasteiger partial charge is 0.379 e. The topological polar surface area (TPSA) is 53.6 Å². The summed E-state index contributed by atoms with van der Waals surface area (Å²) in [6.45, 7) is 2.61. The first-order valence-electron chi connectivity index (χ1n) is 13.7. The number of rotatable bonds is 8. The van der Waals surface area contributed by atoms with E-state index in [0.717, 1.165) is 44.8 Å². The van der Waals surface area contributed by atoms with Gasteiger partial charge in [0.1, 0.15) is 5.54 Å². The predicted molar refractivity (Wildman–Crippen MR) is 165 cm³/mol. The first-order chi connectivity index (χ1) is 20.2. The van der Waals surface area contributed by atoms with Crippen LogP contribution >= 0.6 is 0 Å². The third kappa shape index (κ3) is 4.90.